The van der Waals surface area contributed by atoms with Gasteiger partial charge in [0.2, 0.25) is 5.65 Å². The van der Waals surface area contributed by atoms with Crippen molar-refractivity contribution in [2.75, 3.05) is 13.7 Å². The first-order valence-electron chi connectivity index (χ1n) is 5.46. The van der Waals surface area contributed by atoms with Gasteiger partial charge in [0, 0.05) is 18.3 Å². The number of nitrogens with zero attached hydrogens (tertiary/aromatic N) is 3. The fourth-order valence-electron chi connectivity index (χ4n) is 1.65. The molecular formula is C11H11N3O5. The highest BCUT2D eigenvalue weighted by atomic mass is 16.6. The molecule has 0 bridgehead atoms. The number of nitro groups is 1. The van der Waals surface area contributed by atoms with Gasteiger partial charge in [-0.1, -0.05) is 0 Å². The van der Waals surface area contributed by atoms with Gasteiger partial charge in [-0.15, -0.1) is 0 Å². The molecule has 2 aromatic heterocycles. The summed E-state index contributed by atoms with van der Waals surface area (Å²) in [4.78, 5) is 25.9. The predicted octanol–water partition coefficient (Wildman–Crippen LogP) is 1.43. The lowest BCUT2D eigenvalue weighted by Crippen LogP contribution is -2.04. The van der Waals surface area contributed by atoms with E-state index in [-0.39, 0.29) is 23.6 Å². The zero-order valence-electron chi connectivity index (χ0n) is 10.3. The third-order valence-electron chi connectivity index (χ3n) is 2.45. The minimum absolute atomic E-state index is 0.00514. The molecule has 0 aromatic carbocycles. The number of methoxy groups -OCH3 is 1. The molecule has 2 heterocycles. The third kappa shape index (κ3) is 2.19. The molecule has 0 amide bonds. The molecule has 0 saturated heterocycles. The van der Waals surface area contributed by atoms with E-state index >= 15 is 0 Å². The molecule has 19 heavy (non-hydrogen) atoms. The molecule has 2 rings (SSSR count). The van der Waals surface area contributed by atoms with Crippen molar-refractivity contribution in [3.05, 3.63) is 34.1 Å². The topological polar surface area (TPSA) is 96.0 Å². The lowest BCUT2D eigenvalue weighted by atomic mass is 10.4. The molecule has 0 atom stereocenters. The number of pyridine rings is 1. The summed E-state index contributed by atoms with van der Waals surface area (Å²) in [5.74, 6) is -0.300. The number of aromatic nitrogens is 2. The van der Waals surface area contributed by atoms with E-state index in [1.54, 1.807) is 6.92 Å². The van der Waals surface area contributed by atoms with Gasteiger partial charge in [-0.2, -0.15) is 0 Å². The Labute approximate surface area is 107 Å². The van der Waals surface area contributed by atoms with Crippen LogP contribution < -0.4 is 4.74 Å². The first-order valence-corrected chi connectivity index (χ1v) is 5.46. The maximum absolute atomic E-state index is 11.6. The van der Waals surface area contributed by atoms with Crippen LogP contribution in [0, 0.1) is 10.1 Å². The maximum atomic E-state index is 11.6. The molecule has 8 heteroatoms. The Balaban J connectivity index is 2.64. The lowest BCUT2D eigenvalue weighted by molar-refractivity contribution is -0.383. The van der Waals surface area contributed by atoms with Crippen molar-refractivity contribution in [1.29, 1.82) is 0 Å². The summed E-state index contributed by atoms with van der Waals surface area (Å²) in [6.07, 6.45) is 1.35. The molecule has 0 spiro atoms. The van der Waals surface area contributed by atoms with Gasteiger partial charge in [0.1, 0.15) is 0 Å². The van der Waals surface area contributed by atoms with Gasteiger partial charge >= 0.3 is 11.7 Å². The first kappa shape index (κ1) is 12.8. The zero-order valence-corrected chi connectivity index (χ0v) is 10.3. The van der Waals surface area contributed by atoms with E-state index < -0.39 is 10.9 Å². The highest BCUT2D eigenvalue weighted by Crippen LogP contribution is 2.25. The molecule has 0 saturated carbocycles. The van der Waals surface area contributed by atoms with Crippen LogP contribution in [0.3, 0.4) is 0 Å². The number of esters is 1. The second-order valence-corrected chi connectivity index (χ2v) is 3.56. The Bertz CT molecular complexity index is 649. The number of carbonyl (C=O) groups excluding carboxylic acids is 1. The summed E-state index contributed by atoms with van der Waals surface area (Å²) >= 11 is 0. The molecule has 0 aliphatic rings. The van der Waals surface area contributed by atoms with Crippen molar-refractivity contribution >= 4 is 17.3 Å². The van der Waals surface area contributed by atoms with Gasteiger partial charge in [0.15, 0.2) is 11.6 Å². The van der Waals surface area contributed by atoms with Crippen LogP contribution >= 0.6 is 0 Å². The Morgan fingerprint density at radius 1 is 1.53 bits per heavy atom. The monoisotopic (exact) mass is 265 g/mol. The van der Waals surface area contributed by atoms with E-state index in [4.69, 9.17) is 9.47 Å². The number of hydrogen-bond acceptors (Lipinski definition) is 6. The zero-order chi connectivity index (χ0) is 14.0. The van der Waals surface area contributed by atoms with Crippen LogP contribution in [0.1, 0.15) is 17.4 Å². The van der Waals surface area contributed by atoms with Crippen LogP contribution in [0.25, 0.3) is 5.65 Å². The molecule has 100 valence electrons. The van der Waals surface area contributed by atoms with Crippen molar-refractivity contribution < 1.29 is 19.2 Å². The number of carbonyl (C=O) groups is 1. The fourth-order valence-corrected chi connectivity index (χ4v) is 1.65. The molecule has 0 aliphatic heterocycles. The van der Waals surface area contributed by atoms with Crippen LogP contribution in [0.2, 0.25) is 0 Å². The molecule has 0 radical (unpaired) electrons. The van der Waals surface area contributed by atoms with Crippen LogP contribution in [-0.2, 0) is 4.74 Å². The predicted molar refractivity (Wildman–Crippen MR) is 64.4 cm³/mol. The summed E-state index contributed by atoms with van der Waals surface area (Å²) in [5.41, 5.74) is -0.182. The number of hydrogen-bond donors (Lipinski definition) is 0. The average molecular weight is 265 g/mol. The van der Waals surface area contributed by atoms with Crippen LogP contribution in [0.4, 0.5) is 5.69 Å². The molecule has 0 fully saturated rings. The van der Waals surface area contributed by atoms with Crippen LogP contribution in [0.5, 0.6) is 5.88 Å². The second kappa shape index (κ2) is 4.92. The molecule has 2 aromatic rings. The molecule has 0 N–H and O–H groups in total. The van der Waals surface area contributed by atoms with Gasteiger partial charge in [-0.25, -0.2) is 9.78 Å². The first-order chi connectivity index (χ1) is 9.08. The molecular weight excluding hydrogens is 254 g/mol. The Morgan fingerprint density at radius 2 is 2.26 bits per heavy atom. The standard InChI is InChI=1S/C11H11N3O5/c1-3-19-11(15)7-6-13-9(18-2)5-4-8(14(16)17)10(13)12-7/h4-6H,3H2,1-2H3. The van der Waals surface area contributed by atoms with E-state index in [0.29, 0.717) is 5.88 Å². The van der Waals surface area contributed by atoms with Gasteiger partial charge in [-0.3, -0.25) is 14.5 Å². The number of rotatable bonds is 4. The summed E-state index contributed by atoms with van der Waals surface area (Å²) in [6.45, 7) is 1.86. The van der Waals surface area contributed by atoms with Gasteiger partial charge in [0.05, 0.1) is 18.6 Å². The Kier molecular flexibility index (Phi) is 3.32. The summed E-state index contributed by atoms with van der Waals surface area (Å²) < 4.78 is 11.2. The Hall–Kier alpha value is -2.64. The molecule has 0 aliphatic carbocycles. The minimum atomic E-state index is -0.637. The van der Waals surface area contributed by atoms with Crippen LogP contribution in [0.15, 0.2) is 18.3 Å². The number of fused-ring (bicyclic) bond motifs is 1. The van der Waals surface area contributed by atoms with Crippen molar-refractivity contribution in [2.24, 2.45) is 0 Å². The largest absolute Gasteiger partial charge is 0.482 e. The van der Waals surface area contributed by atoms with Crippen molar-refractivity contribution in [2.45, 2.75) is 6.92 Å². The highest BCUT2D eigenvalue weighted by molar-refractivity contribution is 5.88. The number of ether oxygens (including phenoxy) is 2. The lowest BCUT2D eigenvalue weighted by Gasteiger charge is -2.02. The highest BCUT2D eigenvalue weighted by Gasteiger charge is 2.21. The van der Waals surface area contributed by atoms with E-state index in [2.05, 4.69) is 4.98 Å². The summed E-state index contributed by atoms with van der Waals surface area (Å²) in [7, 11) is 1.42. The van der Waals surface area contributed by atoms with Gasteiger partial charge in [0.25, 0.3) is 0 Å². The van der Waals surface area contributed by atoms with E-state index in [9.17, 15) is 14.9 Å². The summed E-state index contributed by atoms with van der Waals surface area (Å²) in [5, 5.41) is 10.9. The molecule has 0 unspecified atom stereocenters. The fraction of sp³-hybridized carbons (Fsp3) is 0.273. The van der Waals surface area contributed by atoms with Crippen LogP contribution in [-0.4, -0.2) is 34.0 Å². The average Bonchev–Trinajstić information content (AvgIpc) is 2.82. The third-order valence-corrected chi connectivity index (χ3v) is 2.45. The Morgan fingerprint density at radius 3 is 2.84 bits per heavy atom. The van der Waals surface area contributed by atoms with E-state index in [0.717, 1.165) is 0 Å². The SMILES string of the molecule is CCOC(=O)c1cn2c(OC)ccc([N+](=O)[O-])c2n1. The second-order valence-electron chi connectivity index (χ2n) is 3.56. The van der Waals surface area contributed by atoms with Crippen molar-refractivity contribution in [3.8, 4) is 5.88 Å². The smallest absolute Gasteiger partial charge is 0.358 e. The maximum Gasteiger partial charge on any atom is 0.358 e. The normalized spacial score (nSPS) is 10.4. The van der Waals surface area contributed by atoms with Gasteiger partial charge in [-0.05, 0) is 6.92 Å². The minimum Gasteiger partial charge on any atom is -0.482 e. The van der Waals surface area contributed by atoms with Gasteiger partial charge < -0.3 is 9.47 Å². The van der Waals surface area contributed by atoms with E-state index in [1.165, 1.54) is 29.8 Å². The van der Waals surface area contributed by atoms with Crippen molar-refractivity contribution in [1.82, 2.24) is 9.38 Å². The molecule has 8 nitrogen and oxygen atoms in total. The quantitative estimate of drug-likeness (QED) is 0.471. The van der Waals surface area contributed by atoms with Crippen molar-refractivity contribution in [3.63, 3.8) is 0 Å². The van der Waals surface area contributed by atoms with E-state index in [1.807, 2.05) is 0 Å². The summed E-state index contributed by atoms with van der Waals surface area (Å²) in [6, 6.07) is 2.71. The number of imidazole rings is 1.